The van der Waals surface area contributed by atoms with Crippen molar-refractivity contribution >= 4 is 11.9 Å². The van der Waals surface area contributed by atoms with Crippen LogP contribution in [0.5, 0.6) is 0 Å². The van der Waals surface area contributed by atoms with Crippen molar-refractivity contribution in [3.05, 3.63) is 0 Å². The topological polar surface area (TPSA) is 66.4 Å². The summed E-state index contributed by atoms with van der Waals surface area (Å²) in [5.41, 5.74) is -0.338. The van der Waals surface area contributed by atoms with Crippen molar-refractivity contribution in [1.82, 2.24) is 5.32 Å². The van der Waals surface area contributed by atoms with Crippen LogP contribution in [0.15, 0.2) is 0 Å². The first-order valence-corrected chi connectivity index (χ1v) is 4.85. The first-order valence-electron chi connectivity index (χ1n) is 4.85. The minimum absolute atomic E-state index is 0.338. The van der Waals surface area contributed by atoms with Gasteiger partial charge in [-0.1, -0.05) is 0 Å². The molecule has 1 spiro atoms. The van der Waals surface area contributed by atoms with Crippen LogP contribution in [0.1, 0.15) is 19.3 Å². The number of amides is 1. The Morgan fingerprint density at radius 3 is 2.19 bits per heavy atom. The van der Waals surface area contributed by atoms with Crippen molar-refractivity contribution in [2.75, 3.05) is 0 Å². The molecule has 4 nitrogen and oxygen atoms in total. The Bertz CT molecular complexity index is 346. The lowest BCUT2D eigenvalue weighted by molar-refractivity contribution is -0.175. The summed E-state index contributed by atoms with van der Waals surface area (Å²) in [5.74, 6) is -3.29. The van der Waals surface area contributed by atoms with E-state index in [4.69, 9.17) is 5.11 Å². The van der Waals surface area contributed by atoms with Gasteiger partial charge in [0.25, 0.3) is 0 Å². The molecular formula is C9H10F3NO3. The minimum Gasteiger partial charge on any atom is -0.481 e. The molecule has 2 saturated carbocycles. The monoisotopic (exact) mass is 237 g/mol. The van der Waals surface area contributed by atoms with Crippen molar-refractivity contribution < 1.29 is 27.9 Å². The SMILES string of the molecule is O=C(O)[C@@H]1CC12CC(NC(=O)C(F)(F)F)C2. The minimum atomic E-state index is -4.86. The van der Waals surface area contributed by atoms with Crippen molar-refractivity contribution in [2.45, 2.75) is 31.5 Å². The fraction of sp³-hybridized carbons (Fsp3) is 0.778. The summed E-state index contributed by atoms with van der Waals surface area (Å²) in [6, 6.07) is -0.529. The molecule has 7 heteroatoms. The van der Waals surface area contributed by atoms with Gasteiger partial charge in [0.15, 0.2) is 0 Å². The Kier molecular flexibility index (Phi) is 2.18. The number of carboxylic acids is 1. The highest BCUT2D eigenvalue weighted by molar-refractivity contribution is 5.82. The molecular weight excluding hydrogens is 227 g/mol. The molecule has 1 atom stereocenters. The predicted molar refractivity (Wildman–Crippen MR) is 45.4 cm³/mol. The van der Waals surface area contributed by atoms with Gasteiger partial charge in [0.05, 0.1) is 5.92 Å². The first-order chi connectivity index (χ1) is 7.24. The average molecular weight is 237 g/mol. The molecule has 1 amide bonds. The zero-order valence-electron chi connectivity index (χ0n) is 8.17. The van der Waals surface area contributed by atoms with Gasteiger partial charge in [-0.25, -0.2) is 0 Å². The first kappa shape index (κ1) is 11.2. The third-order valence-corrected chi connectivity index (χ3v) is 3.39. The molecule has 0 aliphatic heterocycles. The number of halogens is 3. The van der Waals surface area contributed by atoms with Crippen LogP contribution in [-0.2, 0) is 9.59 Å². The van der Waals surface area contributed by atoms with Gasteiger partial charge in [0.2, 0.25) is 0 Å². The lowest BCUT2D eigenvalue weighted by Gasteiger charge is -2.37. The molecule has 2 aliphatic rings. The molecule has 2 fully saturated rings. The molecule has 0 unspecified atom stereocenters. The second-order valence-corrected chi connectivity index (χ2v) is 4.53. The van der Waals surface area contributed by atoms with Gasteiger partial charge in [-0.2, -0.15) is 13.2 Å². The largest absolute Gasteiger partial charge is 0.481 e. The zero-order valence-corrected chi connectivity index (χ0v) is 8.17. The molecule has 0 heterocycles. The van der Waals surface area contributed by atoms with Crippen molar-refractivity contribution in [2.24, 2.45) is 11.3 Å². The third kappa shape index (κ3) is 1.74. The van der Waals surface area contributed by atoms with E-state index in [2.05, 4.69) is 0 Å². The molecule has 0 aromatic carbocycles. The average Bonchev–Trinajstić information content (AvgIpc) is 2.76. The number of hydrogen-bond acceptors (Lipinski definition) is 2. The van der Waals surface area contributed by atoms with E-state index in [0.717, 1.165) is 0 Å². The van der Waals surface area contributed by atoms with Crippen molar-refractivity contribution in [3.8, 4) is 0 Å². The second-order valence-electron chi connectivity index (χ2n) is 4.53. The van der Waals surface area contributed by atoms with Crippen LogP contribution < -0.4 is 5.32 Å². The highest BCUT2D eigenvalue weighted by Gasteiger charge is 2.65. The maximum atomic E-state index is 11.9. The molecule has 0 aromatic heterocycles. The number of rotatable bonds is 2. The summed E-state index contributed by atoms with van der Waals surface area (Å²) in [4.78, 5) is 21.2. The van der Waals surface area contributed by atoms with Gasteiger partial charge in [0.1, 0.15) is 0 Å². The number of carbonyl (C=O) groups is 2. The highest BCUT2D eigenvalue weighted by Crippen LogP contribution is 2.65. The lowest BCUT2D eigenvalue weighted by Crippen LogP contribution is -2.50. The molecule has 0 bridgehead atoms. The summed E-state index contributed by atoms with van der Waals surface area (Å²) >= 11 is 0. The second kappa shape index (κ2) is 3.11. The molecule has 0 saturated heterocycles. The van der Waals surface area contributed by atoms with E-state index < -0.39 is 30.0 Å². The van der Waals surface area contributed by atoms with E-state index in [1.807, 2.05) is 5.32 Å². The summed E-state index contributed by atoms with van der Waals surface area (Å²) in [5, 5.41) is 10.5. The van der Waals surface area contributed by atoms with Crippen LogP contribution in [-0.4, -0.2) is 29.2 Å². The predicted octanol–water partition coefficient (Wildman–Crippen LogP) is 0.918. The van der Waals surface area contributed by atoms with E-state index in [-0.39, 0.29) is 5.41 Å². The molecule has 2 N–H and O–H groups in total. The smallest absolute Gasteiger partial charge is 0.471 e. The molecule has 0 radical (unpaired) electrons. The van der Waals surface area contributed by atoms with Crippen molar-refractivity contribution in [3.63, 3.8) is 0 Å². The number of carboxylic acid groups (broad SMARTS) is 1. The highest BCUT2D eigenvalue weighted by atomic mass is 19.4. The summed E-state index contributed by atoms with van der Waals surface area (Å²) in [6.45, 7) is 0. The fourth-order valence-corrected chi connectivity index (χ4v) is 2.44. The van der Waals surface area contributed by atoms with E-state index in [0.29, 0.717) is 19.3 Å². The lowest BCUT2D eigenvalue weighted by atomic mass is 9.75. The summed E-state index contributed by atoms with van der Waals surface area (Å²) in [7, 11) is 0. The van der Waals surface area contributed by atoms with Crippen LogP contribution >= 0.6 is 0 Å². The number of aliphatic carboxylic acids is 1. The van der Waals surface area contributed by atoms with Crippen LogP contribution in [0.2, 0.25) is 0 Å². The number of hydrogen-bond donors (Lipinski definition) is 2. The van der Waals surface area contributed by atoms with Crippen LogP contribution in [0, 0.1) is 11.3 Å². The van der Waals surface area contributed by atoms with Crippen LogP contribution in [0.25, 0.3) is 0 Å². The van der Waals surface area contributed by atoms with Gasteiger partial charge in [-0.05, 0) is 24.7 Å². The molecule has 0 aromatic rings. The van der Waals surface area contributed by atoms with Gasteiger partial charge in [0, 0.05) is 6.04 Å². The summed E-state index contributed by atoms with van der Waals surface area (Å²) < 4.78 is 35.6. The summed E-state index contributed by atoms with van der Waals surface area (Å²) in [6.07, 6.45) is -3.67. The fourth-order valence-electron chi connectivity index (χ4n) is 2.44. The Hall–Kier alpha value is -1.27. The number of alkyl halides is 3. The van der Waals surface area contributed by atoms with Gasteiger partial charge in [-0.3, -0.25) is 9.59 Å². The standard InChI is InChI=1S/C9H10F3NO3/c10-9(11,12)7(16)13-4-1-8(2-4)3-5(8)6(14)15/h4-5H,1-3H2,(H,13,16)(H,14,15)/t4?,5-,8?/m0/s1. The normalized spacial score (nSPS) is 36.7. The molecule has 2 rings (SSSR count). The molecule has 2 aliphatic carbocycles. The quantitative estimate of drug-likeness (QED) is 0.750. The van der Waals surface area contributed by atoms with E-state index in [1.165, 1.54) is 0 Å². The molecule has 16 heavy (non-hydrogen) atoms. The van der Waals surface area contributed by atoms with Gasteiger partial charge >= 0.3 is 18.1 Å². The van der Waals surface area contributed by atoms with E-state index in [1.54, 1.807) is 0 Å². The van der Waals surface area contributed by atoms with E-state index >= 15 is 0 Å². The van der Waals surface area contributed by atoms with Gasteiger partial charge in [-0.15, -0.1) is 0 Å². The van der Waals surface area contributed by atoms with Crippen molar-refractivity contribution in [1.29, 1.82) is 0 Å². The Morgan fingerprint density at radius 2 is 1.81 bits per heavy atom. The maximum Gasteiger partial charge on any atom is 0.471 e. The Morgan fingerprint density at radius 1 is 1.25 bits per heavy atom. The number of carbonyl (C=O) groups excluding carboxylic acids is 1. The van der Waals surface area contributed by atoms with Gasteiger partial charge < -0.3 is 10.4 Å². The molecule has 90 valence electrons. The Labute approximate surface area is 88.8 Å². The van der Waals surface area contributed by atoms with E-state index in [9.17, 15) is 22.8 Å². The zero-order chi connectivity index (χ0) is 12.1. The third-order valence-electron chi connectivity index (χ3n) is 3.39. The Balaban J connectivity index is 1.79. The van der Waals surface area contributed by atoms with Crippen LogP contribution in [0.3, 0.4) is 0 Å². The maximum absolute atomic E-state index is 11.9. The number of nitrogens with one attached hydrogen (secondary N) is 1. The van der Waals surface area contributed by atoms with Crippen LogP contribution in [0.4, 0.5) is 13.2 Å².